The molecule has 1 aromatic carbocycles. The Hall–Kier alpha value is -3.55. The van der Waals surface area contributed by atoms with Gasteiger partial charge in [0.25, 0.3) is 5.91 Å². The van der Waals surface area contributed by atoms with Crippen molar-refractivity contribution in [3.05, 3.63) is 65.7 Å². The number of ether oxygens (including phenoxy) is 1. The first-order valence-electron chi connectivity index (χ1n) is 8.36. The second-order valence-electron chi connectivity index (χ2n) is 6.04. The molecule has 0 aliphatic carbocycles. The van der Waals surface area contributed by atoms with Gasteiger partial charge >= 0.3 is 6.01 Å². The molecule has 27 heavy (non-hydrogen) atoms. The van der Waals surface area contributed by atoms with Crippen LogP contribution in [0.15, 0.2) is 48.8 Å². The van der Waals surface area contributed by atoms with E-state index in [9.17, 15) is 4.79 Å². The summed E-state index contributed by atoms with van der Waals surface area (Å²) in [5, 5.41) is 2.86. The van der Waals surface area contributed by atoms with Crippen LogP contribution >= 0.6 is 0 Å². The SMILES string of the molecule is Cc1cc(CNC(=O)c2ccc(Oc3ncccn3)cc2)nc(N(C)C)n1. The highest BCUT2D eigenvalue weighted by molar-refractivity contribution is 5.94. The van der Waals surface area contributed by atoms with Crippen molar-refractivity contribution >= 4 is 11.9 Å². The minimum absolute atomic E-state index is 0.194. The zero-order chi connectivity index (χ0) is 19.2. The third-order valence-electron chi connectivity index (χ3n) is 3.59. The molecule has 0 aliphatic rings. The molecule has 1 N–H and O–H groups in total. The third-order valence-corrected chi connectivity index (χ3v) is 3.59. The Morgan fingerprint density at radius 1 is 1.11 bits per heavy atom. The molecule has 2 aromatic heterocycles. The van der Waals surface area contributed by atoms with Crippen molar-refractivity contribution in [1.29, 1.82) is 0 Å². The van der Waals surface area contributed by atoms with E-state index in [2.05, 4.69) is 25.3 Å². The maximum Gasteiger partial charge on any atom is 0.321 e. The number of hydrogen-bond donors (Lipinski definition) is 1. The van der Waals surface area contributed by atoms with E-state index in [-0.39, 0.29) is 11.9 Å². The third kappa shape index (κ3) is 4.97. The van der Waals surface area contributed by atoms with Gasteiger partial charge in [0.2, 0.25) is 5.95 Å². The van der Waals surface area contributed by atoms with Crippen LogP contribution in [0.4, 0.5) is 5.95 Å². The molecule has 1 amide bonds. The maximum atomic E-state index is 12.4. The quantitative estimate of drug-likeness (QED) is 0.717. The molecule has 2 heterocycles. The summed E-state index contributed by atoms with van der Waals surface area (Å²) < 4.78 is 5.52. The Morgan fingerprint density at radius 2 is 1.81 bits per heavy atom. The highest BCUT2D eigenvalue weighted by Crippen LogP contribution is 2.17. The maximum absolute atomic E-state index is 12.4. The average Bonchev–Trinajstić information content (AvgIpc) is 2.67. The number of nitrogens with zero attached hydrogens (tertiary/aromatic N) is 5. The van der Waals surface area contributed by atoms with Gasteiger partial charge in [-0.15, -0.1) is 0 Å². The summed E-state index contributed by atoms with van der Waals surface area (Å²) in [6, 6.07) is 10.6. The Morgan fingerprint density at radius 3 is 2.48 bits per heavy atom. The predicted molar refractivity (Wildman–Crippen MR) is 101 cm³/mol. The monoisotopic (exact) mass is 364 g/mol. The average molecular weight is 364 g/mol. The number of benzene rings is 1. The van der Waals surface area contributed by atoms with E-state index in [1.165, 1.54) is 0 Å². The molecule has 3 rings (SSSR count). The minimum atomic E-state index is -0.194. The fourth-order valence-corrected chi connectivity index (χ4v) is 2.30. The molecule has 0 bridgehead atoms. The van der Waals surface area contributed by atoms with Gasteiger partial charge in [-0.3, -0.25) is 4.79 Å². The Bertz CT molecular complexity index is 913. The van der Waals surface area contributed by atoms with E-state index in [0.29, 0.717) is 23.8 Å². The molecule has 0 aliphatic heterocycles. The van der Waals surface area contributed by atoms with E-state index in [4.69, 9.17) is 4.74 Å². The first-order chi connectivity index (χ1) is 13.0. The molecule has 0 saturated heterocycles. The van der Waals surface area contributed by atoms with Crippen molar-refractivity contribution in [1.82, 2.24) is 25.3 Å². The first kappa shape index (κ1) is 18.2. The number of aryl methyl sites for hydroxylation is 1. The number of aromatic nitrogens is 4. The van der Waals surface area contributed by atoms with Crippen LogP contribution in [-0.2, 0) is 6.54 Å². The number of hydrogen-bond acceptors (Lipinski definition) is 7. The Balaban J connectivity index is 1.61. The van der Waals surface area contributed by atoms with E-state index in [0.717, 1.165) is 11.4 Å². The molecule has 0 spiro atoms. The summed E-state index contributed by atoms with van der Waals surface area (Å²) in [5.41, 5.74) is 2.12. The second kappa shape index (κ2) is 8.22. The van der Waals surface area contributed by atoms with Gasteiger partial charge < -0.3 is 15.0 Å². The molecule has 0 fully saturated rings. The van der Waals surface area contributed by atoms with Gasteiger partial charge in [-0.25, -0.2) is 19.9 Å². The van der Waals surface area contributed by atoms with Gasteiger partial charge in [-0.05, 0) is 43.3 Å². The summed E-state index contributed by atoms with van der Waals surface area (Å²) >= 11 is 0. The second-order valence-corrected chi connectivity index (χ2v) is 6.04. The zero-order valence-corrected chi connectivity index (χ0v) is 15.4. The van der Waals surface area contributed by atoms with Crippen LogP contribution in [0, 0.1) is 6.92 Å². The molecule has 0 saturated carbocycles. The summed E-state index contributed by atoms with van der Waals surface area (Å²) in [7, 11) is 3.75. The van der Waals surface area contributed by atoms with Gasteiger partial charge in [0.05, 0.1) is 12.2 Å². The first-order valence-corrected chi connectivity index (χ1v) is 8.36. The van der Waals surface area contributed by atoms with Crippen LogP contribution in [0.2, 0.25) is 0 Å². The topological polar surface area (TPSA) is 93.1 Å². The van der Waals surface area contributed by atoms with Crippen LogP contribution in [0.5, 0.6) is 11.8 Å². The number of rotatable bonds is 6. The number of carbonyl (C=O) groups excluding carboxylic acids is 1. The van der Waals surface area contributed by atoms with E-state index >= 15 is 0 Å². The van der Waals surface area contributed by atoms with E-state index < -0.39 is 0 Å². The normalized spacial score (nSPS) is 10.3. The van der Waals surface area contributed by atoms with Gasteiger partial charge in [-0.2, -0.15) is 0 Å². The largest absolute Gasteiger partial charge is 0.424 e. The highest BCUT2D eigenvalue weighted by Gasteiger charge is 2.09. The summed E-state index contributed by atoms with van der Waals surface area (Å²) in [6.07, 6.45) is 3.20. The van der Waals surface area contributed by atoms with Crippen molar-refractivity contribution in [3.8, 4) is 11.8 Å². The molecule has 0 unspecified atom stereocenters. The fourth-order valence-electron chi connectivity index (χ4n) is 2.30. The summed E-state index contributed by atoms with van der Waals surface area (Å²) in [4.78, 5) is 30.9. The zero-order valence-electron chi connectivity index (χ0n) is 15.4. The van der Waals surface area contributed by atoms with Gasteiger partial charge in [0, 0.05) is 37.7 Å². The lowest BCUT2D eigenvalue weighted by Gasteiger charge is -2.13. The fraction of sp³-hybridized carbons (Fsp3) is 0.211. The van der Waals surface area contributed by atoms with Crippen LogP contribution in [0.25, 0.3) is 0 Å². The van der Waals surface area contributed by atoms with Crippen LogP contribution in [0.3, 0.4) is 0 Å². The highest BCUT2D eigenvalue weighted by atomic mass is 16.5. The number of nitrogens with one attached hydrogen (secondary N) is 1. The number of anilines is 1. The number of amides is 1. The van der Waals surface area contributed by atoms with Gasteiger partial charge in [0.15, 0.2) is 0 Å². The lowest BCUT2D eigenvalue weighted by atomic mass is 10.2. The van der Waals surface area contributed by atoms with Crippen molar-refractivity contribution in [2.45, 2.75) is 13.5 Å². The summed E-state index contributed by atoms with van der Waals surface area (Å²) in [5.74, 6) is 0.976. The Kier molecular flexibility index (Phi) is 5.55. The van der Waals surface area contributed by atoms with E-state index in [1.807, 2.05) is 32.0 Å². The van der Waals surface area contributed by atoms with Crippen LogP contribution in [-0.4, -0.2) is 39.9 Å². The molecule has 138 valence electrons. The smallest absolute Gasteiger partial charge is 0.321 e. The molecule has 0 atom stereocenters. The molecular formula is C19H20N6O2. The summed E-state index contributed by atoms with van der Waals surface area (Å²) in [6.45, 7) is 2.22. The van der Waals surface area contributed by atoms with Crippen molar-refractivity contribution in [2.75, 3.05) is 19.0 Å². The molecule has 8 nitrogen and oxygen atoms in total. The molecule has 8 heteroatoms. The molecular weight excluding hydrogens is 344 g/mol. The van der Waals surface area contributed by atoms with E-state index in [1.54, 1.807) is 42.7 Å². The Labute approximate surface area is 157 Å². The number of carbonyl (C=O) groups is 1. The minimum Gasteiger partial charge on any atom is -0.424 e. The molecule has 3 aromatic rings. The van der Waals surface area contributed by atoms with Crippen molar-refractivity contribution in [2.24, 2.45) is 0 Å². The van der Waals surface area contributed by atoms with Gasteiger partial charge in [0.1, 0.15) is 5.75 Å². The predicted octanol–water partition coefficient (Wildman–Crippen LogP) is 2.36. The van der Waals surface area contributed by atoms with Crippen molar-refractivity contribution in [3.63, 3.8) is 0 Å². The van der Waals surface area contributed by atoms with Gasteiger partial charge in [-0.1, -0.05) is 0 Å². The molecule has 0 radical (unpaired) electrons. The van der Waals surface area contributed by atoms with Crippen LogP contribution in [0.1, 0.15) is 21.7 Å². The van der Waals surface area contributed by atoms with Crippen molar-refractivity contribution < 1.29 is 9.53 Å². The standard InChI is InChI=1S/C19H20N6O2/c1-13-11-15(24-18(23-13)25(2)3)12-22-17(26)14-5-7-16(8-6-14)27-19-20-9-4-10-21-19/h4-11H,12H2,1-3H3,(H,22,26). The lowest BCUT2D eigenvalue weighted by Crippen LogP contribution is -2.24. The van der Waals surface area contributed by atoms with Crippen LogP contribution < -0.4 is 15.0 Å². The lowest BCUT2D eigenvalue weighted by molar-refractivity contribution is 0.0950.